The first-order valence-electron chi connectivity index (χ1n) is 12.9. The lowest BCUT2D eigenvalue weighted by Gasteiger charge is -2.55. The minimum absolute atomic E-state index is 0.0121. The standard InChI is InChI=1S/C28H36FN5O4/c1-18(2)14-24-27(36)32(19(3)21-8-10-22(29)11-9-21)16-25-33(24)26(35)17-31(4)34(25)28(37)30-15-20-6-12-23(38-5)13-7-20/h6-13,18-19,24-25H,14-17H2,1-5H3,(H,30,37)/t19?,24-,25?/m0/s1. The summed E-state index contributed by atoms with van der Waals surface area (Å²) in [5, 5.41) is 6.10. The quantitative estimate of drug-likeness (QED) is 0.599. The molecule has 10 heteroatoms. The Kier molecular flexibility index (Phi) is 8.20. The van der Waals surface area contributed by atoms with E-state index in [9.17, 15) is 18.8 Å². The van der Waals surface area contributed by atoms with Gasteiger partial charge in [0.15, 0.2) is 0 Å². The summed E-state index contributed by atoms with van der Waals surface area (Å²) < 4.78 is 18.8. The van der Waals surface area contributed by atoms with E-state index in [1.54, 1.807) is 41.1 Å². The molecule has 0 saturated carbocycles. The summed E-state index contributed by atoms with van der Waals surface area (Å²) in [4.78, 5) is 43.9. The highest BCUT2D eigenvalue weighted by Crippen LogP contribution is 2.33. The smallest absolute Gasteiger partial charge is 0.334 e. The van der Waals surface area contributed by atoms with Crippen molar-refractivity contribution in [2.75, 3.05) is 27.2 Å². The number of piperazine rings is 1. The fourth-order valence-electron chi connectivity index (χ4n) is 5.21. The molecule has 9 nitrogen and oxygen atoms in total. The van der Waals surface area contributed by atoms with Crippen molar-refractivity contribution in [3.05, 3.63) is 65.5 Å². The second-order valence-corrected chi connectivity index (χ2v) is 10.3. The van der Waals surface area contributed by atoms with Crippen LogP contribution in [0.1, 0.15) is 44.4 Å². The van der Waals surface area contributed by atoms with E-state index in [1.807, 2.05) is 45.0 Å². The van der Waals surface area contributed by atoms with Crippen molar-refractivity contribution in [2.45, 2.75) is 52.0 Å². The van der Waals surface area contributed by atoms with Crippen molar-refractivity contribution >= 4 is 17.8 Å². The van der Waals surface area contributed by atoms with Crippen LogP contribution in [0.2, 0.25) is 0 Å². The number of amides is 4. The van der Waals surface area contributed by atoms with Gasteiger partial charge in [-0.05, 0) is 54.7 Å². The number of benzene rings is 2. The van der Waals surface area contributed by atoms with E-state index in [2.05, 4.69) is 5.32 Å². The van der Waals surface area contributed by atoms with Crippen molar-refractivity contribution in [2.24, 2.45) is 5.92 Å². The molecule has 2 saturated heterocycles. The maximum absolute atomic E-state index is 13.8. The zero-order valence-corrected chi connectivity index (χ0v) is 22.6. The van der Waals surface area contributed by atoms with Crippen LogP contribution < -0.4 is 10.1 Å². The number of carbonyl (C=O) groups is 3. The van der Waals surface area contributed by atoms with Crippen LogP contribution >= 0.6 is 0 Å². The topological polar surface area (TPSA) is 85.4 Å². The molecular weight excluding hydrogens is 489 g/mol. The lowest BCUT2D eigenvalue weighted by atomic mass is 9.95. The number of ether oxygens (including phenoxy) is 1. The number of rotatable bonds is 7. The van der Waals surface area contributed by atoms with E-state index in [0.29, 0.717) is 6.42 Å². The third kappa shape index (κ3) is 5.60. The van der Waals surface area contributed by atoms with Crippen LogP contribution in [0.3, 0.4) is 0 Å². The van der Waals surface area contributed by atoms with Gasteiger partial charge in [-0.2, -0.15) is 0 Å². The van der Waals surface area contributed by atoms with Gasteiger partial charge in [-0.15, -0.1) is 0 Å². The van der Waals surface area contributed by atoms with Gasteiger partial charge in [0, 0.05) is 13.6 Å². The average molecular weight is 526 g/mol. The van der Waals surface area contributed by atoms with E-state index in [1.165, 1.54) is 17.1 Å². The number of fused-ring (bicyclic) bond motifs is 1. The maximum atomic E-state index is 13.8. The predicted molar refractivity (Wildman–Crippen MR) is 140 cm³/mol. The first-order chi connectivity index (χ1) is 18.1. The maximum Gasteiger partial charge on any atom is 0.334 e. The van der Waals surface area contributed by atoms with E-state index in [4.69, 9.17) is 4.74 Å². The summed E-state index contributed by atoms with van der Waals surface area (Å²) in [6.45, 7) is 6.31. The Morgan fingerprint density at radius 2 is 1.74 bits per heavy atom. The van der Waals surface area contributed by atoms with E-state index < -0.39 is 12.2 Å². The van der Waals surface area contributed by atoms with Gasteiger partial charge >= 0.3 is 6.03 Å². The number of nitrogens with one attached hydrogen (secondary N) is 1. The van der Waals surface area contributed by atoms with Crippen molar-refractivity contribution in [3.63, 3.8) is 0 Å². The zero-order valence-electron chi connectivity index (χ0n) is 22.6. The van der Waals surface area contributed by atoms with Gasteiger partial charge in [-0.1, -0.05) is 38.1 Å². The number of hydrogen-bond donors (Lipinski definition) is 1. The number of methoxy groups -OCH3 is 1. The van der Waals surface area contributed by atoms with Crippen LogP contribution in [-0.2, 0) is 16.1 Å². The lowest BCUT2D eigenvalue weighted by Crippen LogP contribution is -2.76. The molecule has 2 aliphatic rings. The third-order valence-corrected chi connectivity index (χ3v) is 7.21. The predicted octanol–water partition coefficient (Wildman–Crippen LogP) is 3.38. The van der Waals surface area contributed by atoms with Crippen LogP contribution in [0.5, 0.6) is 5.75 Å². The van der Waals surface area contributed by atoms with Crippen molar-refractivity contribution in [3.8, 4) is 5.75 Å². The highest BCUT2D eigenvalue weighted by molar-refractivity contribution is 5.91. The lowest BCUT2D eigenvalue weighted by molar-refractivity contribution is -0.190. The van der Waals surface area contributed by atoms with Gasteiger partial charge in [0.05, 0.1) is 26.2 Å². The summed E-state index contributed by atoms with van der Waals surface area (Å²) in [6.07, 6.45) is -0.208. The molecule has 3 atom stereocenters. The van der Waals surface area contributed by atoms with E-state index in [0.717, 1.165) is 16.9 Å². The van der Waals surface area contributed by atoms with Gasteiger partial charge in [0.1, 0.15) is 23.8 Å². The molecule has 4 rings (SSSR count). The van der Waals surface area contributed by atoms with E-state index >= 15 is 0 Å². The third-order valence-electron chi connectivity index (χ3n) is 7.21. The normalized spacial score (nSPS) is 21.0. The molecular formula is C28H36FN5O4. The van der Waals surface area contributed by atoms with Gasteiger partial charge in [-0.25, -0.2) is 19.2 Å². The molecule has 2 aromatic rings. The minimum Gasteiger partial charge on any atom is -0.497 e. The van der Waals surface area contributed by atoms with Crippen molar-refractivity contribution < 1.29 is 23.5 Å². The van der Waals surface area contributed by atoms with Gasteiger partial charge in [-0.3, -0.25) is 9.59 Å². The van der Waals surface area contributed by atoms with Crippen molar-refractivity contribution in [1.29, 1.82) is 0 Å². The molecule has 4 amide bonds. The van der Waals surface area contributed by atoms with Crippen LogP contribution in [0, 0.1) is 11.7 Å². The second kappa shape index (κ2) is 11.4. The summed E-state index contributed by atoms with van der Waals surface area (Å²) in [5.74, 6) is 0.168. The monoisotopic (exact) mass is 525 g/mol. The molecule has 204 valence electrons. The number of hydrogen-bond acceptors (Lipinski definition) is 5. The molecule has 0 aliphatic carbocycles. The molecule has 38 heavy (non-hydrogen) atoms. The fourth-order valence-corrected chi connectivity index (χ4v) is 5.21. The Morgan fingerprint density at radius 1 is 1.08 bits per heavy atom. The largest absolute Gasteiger partial charge is 0.497 e. The molecule has 2 aromatic carbocycles. The number of nitrogens with zero attached hydrogens (tertiary/aromatic N) is 4. The number of urea groups is 1. The molecule has 2 fully saturated rings. The van der Waals surface area contributed by atoms with Gasteiger partial charge in [0.25, 0.3) is 0 Å². The summed E-state index contributed by atoms with van der Waals surface area (Å²) in [7, 11) is 3.29. The van der Waals surface area contributed by atoms with Crippen LogP contribution in [0.25, 0.3) is 0 Å². The minimum atomic E-state index is -0.699. The van der Waals surface area contributed by atoms with Crippen LogP contribution in [-0.4, -0.2) is 77.1 Å². The summed E-state index contributed by atoms with van der Waals surface area (Å²) in [5.41, 5.74) is 1.68. The fraction of sp³-hybridized carbons (Fsp3) is 0.464. The first-order valence-corrected chi connectivity index (χ1v) is 12.9. The molecule has 0 spiro atoms. The van der Waals surface area contributed by atoms with Crippen LogP contribution in [0.15, 0.2) is 48.5 Å². The molecule has 0 bridgehead atoms. The van der Waals surface area contributed by atoms with Crippen LogP contribution in [0.4, 0.5) is 9.18 Å². The molecule has 1 N–H and O–H groups in total. The Labute approximate surface area is 223 Å². The summed E-state index contributed by atoms with van der Waals surface area (Å²) >= 11 is 0. The Hall–Kier alpha value is -3.66. The van der Waals surface area contributed by atoms with E-state index in [-0.39, 0.29) is 55.3 Å². The first kappa shape index (κ1) is 27.4. The summed E-state index contributed by atoms with van der Waals surface area (Å²) in [6, 6.07) is 12.0. The highest BCUT2D eigenvalue weighted by atomic mass is 19.1. The average Bonchev–Trinajstić information content (AvgIpc) is 2.88. The highest BCUT2D eigenvalue weighted by Gasteiger charge is 2.51. The molecule has 2 heterocycles. The zero-order chi connectivity index (χ0) is 27.6. The molecule has 2 unspecified atom stereocenters. The van der Waals surface area contributed by atoms with Crippen molar-refractivity contribution in [1.82, 2.24) is 25.1 Å². The number of carbonyl (C=O) groups excluding carboxylic acids is 3. The number of hydrazine groups is 1. The molecule has 2 aliphatic heterocycles. The molecule has 0 radical (unpaired) electrons. The Morgan fingerprint density at radius 3 is 2.34 bits per heavy atom. The molecule has 0 aromatic heterocycles. The number of likely N-dealkylation sites (N-methyl/N-ethyl adjacent to an activating group) is 1. The SMILES string of the molecule is COc1ccc(CNC(=O)N2C3CN(C(C)c4ccc(F)cc4)C(=O)[C@H](CC(C)C)N3C(=O)CN2C)cc1. The Balaban J connectivity index is 1.62. The number of halogens is 1. The second-order valence-electron chi connectivity index (χ2n) is 10.3. The van der Waals surface area contributed by atoms with Gasteiger partial charge < -0.3 is 19.9 Å². The Bertz CT molecular complexity index is 1160. The van der Waals surface area contributed by atoms with Gasteiger partial charge in [0.2, 0.25) is 11.8 Å².